The predicted molar refractivity (Wildman–Crippen MR) is 57.2 cm³/mol. The van der Waals surface area contributed by atoms with Crippen LogP contribution in [0, 0.1) is 0 Å². The Labute approximate surface area is 85.0 Å². The summed E-state index contributed by atoms with van der Waals surface area (Å²) in [4.78, 5) is 0. The molecule has 2 rings (SSSR count). The van der Waals surface area contributed by atoms with Crippen molar-refractivity contribution in [2.75, 3.05) is 6.61 Å². The van der Waals surface area contributed by atoms with E-state index in [1.54, 1.807) is 0 Å². The molecule has 1 aliphatic heterocycles. The lowest BCUT2D eigenvalue weighted by molar-refractivity contribution is 0.251. The van der Waals surface area contributed by atoms with Crippen LogP contribution in [-0.4, -0.2) is 11.7 Å². The fourth-order valence-electron chi connectivity index (χ4n) is 1.96. The van der Waals surface area contributed by atoms with Crippen LogP contribution in [0.1, 0.15) is 42.5 Å². The van der Waals surface area contributed by atoms with E-state index in [2.05, 4.69) is 37.4 Å². The highest BCUT2D eigenvalue weighted by molar-refractivity contribution is 5.38. The van der Waals surface area contributed by atoms with E-state index in [0.717, 1.165) is 6.54 Å². The van der Waals surface area contributed by atoms with E-state index in [1.807, 2.05) is 0 Å². The second kappa shape index (κ2) is 3.71. The molecule has 2 N–H and O–H groups in total. The van der Waals surface area contributed by atoms with Gasteiger partial charge >= 0.3 is 0 Å². The molecule has 1 aromatic rings. The Morgan fingerprint density at radius 2 is 2.29 bits per heavy atom. The highest BCUT2D eigenvalue weighted by Crippen LogP contribution is 2.28. The summed E-state index contributed by atoms with van der Waals surface area (Å²) in [5.41, 5.74) is 3.96. The van der Waals surface area contributed by atoms with E-state index >= 15 is 0 Å². The van der Waals surface area contributed by atoms with Gasteiger partial charge in [-0.3, -0.25) is 0 Å². The van der Waals surface area contributed by atoms with E-state index in [4.69, 9.17) is 0 Å². The Morgan fingerprint density at radius 1 is 1.50 bits per heavy atom. The van der Waals surface area contributed by atoms with Crippen molar-refractivity contribution in [3.63, 3.8) is 0 Å². The average molecular weight is 191 g/mol. The Bertz CT molecular complexity index is 333. The first-order valence-electron chi connectivity index (χ1n) is 5.19. The van der Waals surface area contributed by atoms with Crippen molar-refractivity contribution < 1.29 is 5.11 Å². The van der Waals surface area contributed by atoms with Crippen LogP contribution in [0.25, 0.3) is 0 Å². The molecular formula is C12H17NO. The van der Waals surface area contributed by atoms with Crippen LogP contribution < -0.4 is 5.32 Å². The first-order valence-corrected chi connectivity index (χ1v) is 5.19. The van der Waals surface area contributed by atoms with Gasteiger partial charge in [0.25, 0.3) is 0 Å². The maximum absolute atomic E-state index is 9.18. The van der Waals surface area contributed by atoms with Gasteiger partial charge in [-0.05, 0) is 22.6 Å². The second-order valence-electron chi connectivity index (χ2n) is 4.23. The minimum Gasteiger partial charge on any atom is -0.394 e. The van der Waals surface area contributed by atoms with Gasteiger partial charge in [0.1, 0.15) is 0 Å². The van der Waals surface area contributed by atoms with Gasteiger partial charge in [0.15, 0.2) is 0 Å². The Kier molecular flexibility index (Phi) is 2.57. The molecule has 2 heteroatoms. The van der Waals surface area contributed by atoms with Gasteiger partial charge in [-0.2, -0.15) is 0 Å². The molecule has 76 valence electrons. The van der Waals surface area contributed by atoms with Crippen molar-refractivity contribution in [3.8, 4) is 0 Å². The van der Waals surface area contributed by atoms with E-state index in [1.165, 1.54) is 16.7 Å². The first-order chi connectivity index (χ1) is 6.72. The molecule has 0 bridgehead atoms. The van der Waals surface area contributed by atoms with Crippen LogP contribution in [0.3, 0.4) is 0 Å². The molecule has 0 aliphatic carbocycles. The van der Waals surface area contributed by atoms with Crippen molar-refractivity contribution in [3.05, 3.63) is 34.9 Å². The molecule has 0 aromatic heterocycles. The Hall–Kier alpha value is -0.860. The molecule has 0 fully saturated rings. The van der Waals surface area contributed by atoms with E-state index in [-0.39, 0.29) is 12.6 Å². The third-order valence-electron chi connectivity index (χ3n) is 2.93. The van der Waals surface area contributed by atoms with Gasteiger partial charge in [-0.25, -0.2) is 0 Å². The normalized spacial score (nSPS) is 20.1. The van der Waals surface area contributed by atoms with Crippen LogP contribution in [-0.2, 0) is 6.54 Å². The topological polar surface area (TPSA) is 32.3 Å². The zero-order valence-corrected chi connectivity index (χ0v) is 8.75. The molecular weight excluding hydrogens is 174 g/mol. The summed E-state index contributed by atoms with van der Waals surface area (Å²) in [6.07, 6.45) is 0. The number of hydrogen-bond acceptors (Lipinski definition) is 2. The maximum atomic E-state index is 9.18. The van der Waals surface area contributed by atoms with Gasteiger partial charge in [-0.1, -0.05) is 32.0 Å². The van der Waals surface area contributed by atoms with E-state index in [9.17, 15) is 5.11 Å². The minimum absolute atomic E-state index is 0.142. The number of fused-ring (bicyclic) bond motifs is 1. The predicted octanol–water partition coefficient (Wildman–Crippen LogP) is 1.95. The Balaban J connectivity index is 2.37. The molecule has 1 aromatic carbocycles. The number of rotatable bonds is 2. The largest absolute Gasteiger partial charge is 0.394 e. The average Bonchev–Trinajstić information content (AvgIpc) is 2.59. The molecule has 0 amide bonds. The summed E-state index contributed by atoms with van der Waals surface area (Å²) >= 11 is 0. The lowest BCUT2D eigenvalue weighted by Crippen LogP contribution is -2.15. The minimum atomic E-state index is 0.142. The zero-order valence-electron chi connectivity index (χ0n) is 8.75. The molecule has 0 saturated carbocycles. The zero-order chi connectivity index (χ0) is 10.1. The van der Waals surface area contributed by atoms with Crippen molar-refractivity contribution >= 4 is 0 Å². The quantitative estimate of drug-likeness (QED) is 0.749. The second-order valence-corrected chi connectivity index (χ2v) is 4.23. The van der Waals surface area contributed by atoms with Crippen LogP contribution in [0.15, 0.2) is 18.2 Å². The SMILES string of the molecule is CC(C)c1ccc2c(c1)[C@@H](CO)NC2. The van der Waals surface area contributed by atoms with Crippen molar-refractivity contribution in [1.29, 1.82) is 0 Å². The highest BCUT2D eigenvalue weighted by Gasteiger charge is 2.21. The van der Waals surface area contributed by atoms with Gasteiger partial charge in [0.05, 0.1) is 12.6 Å². The van der Waals surface area contributed by atoms with Crippen LogP contribution in [0.2, 0.25) is 0 Å². The van der Waals surface area contributed by atoms with E-state index < -0.39 is 0 Å². The van der Waals surface area contributed by atoms with Crippen LogP contribution in [0.5, 0.6) is 0 Å². The molecule has 0 unspecified atom stereocenters. The first kappa shape index (κ1) is 9.69. The maximum Gasteiger partial charge on any atom is 0.0626 e. The number of benzene rings is 1. The number of hydrogen-bond donors (Lipinski definition) is 2. The molecule has 0 spiro atoms. The molecule has 2 nitrogen and oxygen atoms in total. The Morgan fingerprint density at radius 3 is 2.93 bits per heavy atom. The monoisotopic (exact) mass is 191 g/mol. The van der Waals surface area contributed by atoms with Gasteiger partial charge in [0, 0.05) is 6.54 Å². The number of nitrogens with one attached hydrogen (secondary N) is 1. The van der Waals surface area contributed by atoms with Crippen LogP contribution in [0.4, 0.5) is 0 Å². The molecule has 1 atom stereocenters. The summed E-state index contributed by atoms with van der Waals surface area (Å²) in [7, 11) is 0. The summed E-state index contributed by atoms with van der Waals surface area (Å²) in [6.45, 7) is 5.46. The molecule has 0 radical (unpaired) electrons. The molecule has 1 heterocycles. The summed E-state index contributed by atoms with van der Waals surface area (Å²) < 4.78 is 0. The summed E-state index contributed by atoms with van der Waals surface area (Å²) in [6, 6.07) is 6.72. The number of aliphatic hydroxyl groups is 1. The summed E-state index contributed by atoms with van der Waals surface area (Å²) in [5, 5.41) is 12.5. The molecule has 14 heavy (non-hydrogen) atoms. The van der Waals surface area contributed by atoms with Gasteiger partial charge in [0.2, 0.25) is 0 Å². The fourth-order valence-corrected chi connectivity index (χ4v) is 1.96. The van der Waals surface area contributed by atoms with Crippen molar-refractivity contribution in [2.45, 2.75) is 32.4 Å². The van der Waals surface area contributed by atoms with E-state index in [0.29, 0.717) is 5.92 Å². The third kappa shape index (κ3) is 1.56. The standard InChI is InChI=1S/C12H17NO/c1-8(2)9-3-4-10-6-13-12(7-14)11(10)5-9/h3-5,8,12-14H,6-7H2,1-2H3/t12-/m1/s1. The van der Waals surface area contributed by atoms with Gasteiger partial charge in [-0.15, -0.1) is 0 Å². The van der Waals surface area contributed by atoms with Gasteiger partial charge < -0.3 is 10.4 Å². The number of aliphatic hydroxyl groups excluding tert-OH is 1. The fraction of sp³-hybridized carbons (Fsp3) is 0.500. The summed E-state index contributed by atoms with van der Waals surface area (Å²) in [5.74, 6) is 0.556. The highest BCUT2D eigenvalue weighted by atomic mass is 16.3. The lowest BCUT2D eigenvalue weighted by Gasteiger charge is -2.11. The third-order valence-corrected chi connectivity index (χ3v) is 2.93. The van der Waals surface area contributed by atoms with Crippen LogP contribution >= 0.6 is 0 Å². The molecule has 1 aliphatic rings. The van der Waals surface area contributed by atoms with Crippen molar-refractivity contribution in [1.82, 2.24) is 5.32 Å². The van der Waals surface area contributed by atoms with Crippen molar-refractivity contribution in [2.24, 2.45) is 0 Å². The smallest absolute Gasteiger partial charge is 0.0626 e. The molecule has 0 saturated heterocycles. The lowest BCUT2D eigenvalue weighted by atomic mass is 9.96.